The van der Waals surface area contributed by atoms with Crippen LogP contribution in [0.15, 0.2) is 77.0 Å². The Morgan fingerprint density at radius 3 is 2.51 bits per heavy atom. The number of H-pyrrole nitrogens is 1. The molecule has 0 spiro atoms. The third-order valence-electron chi connectivity index (χ3n) is 5.27. The number of carbonyl (C=O) groups excluding carboxylic acids is 1. The van der Waals surface area contributed by atoms with E-state index in [2.05, 4.69) is 20.7 Å². The van der Waals surface area contributed by atoms with E-state index in [1.54, 1.807) is 26.4 Å². The molecule has 0 unspecified atom stereocenters. The Hall–Kier alpha value is -4.51. The number of aromatic amines is 1. The highest BCUT2D eigenvalue weighted by atomic mass is 32.2. The molecular formula is C26H25N5O5S. The van der Waals surface area contributed by atoms with Crippen LogP contribution in [0.4, 0.5) is 0 Å². The number of ether oxygens (including phenoxy) is 3. The van der Waals surface area contributed by atoms with Gasteiger partial charge in [0, 0.05) is 0 Å². The Bertz CT molecular complexity index is 1410. The molecule has 4 aromatic rings. The second kappa shape index (κ2) is 12.0. The van der Waals surface area contributed by atoms with E-state index in [0.29, 0.717) is 28.0 Å². The van der Waals surface area contributed by atoms with E-state index in [1.165, 1.54) is 31.2 Å². The number of benzene rings is 3. The van der Waals surface area contributed by atoms with Crippen molar-refractivity contribution in [3.8, 4) is 40.1 Å². The van der Waals surface area contributed by atoms with Gasteiger partial charge in [-0.25, -0.2) is 5.43 Å². The third-order valence-corrected chi connectivity index (χ3v) is 6.21. The summed E-state index contributed by atoms with van der Waals surface area (Å²) < 4.78 is 17.8. The number of methoxy groups -OCH3 is 3. The van der Waals surface area contributed by atoms with Gasteiger partial charge in [0.05, 0.1) is 44.0 Å². The predicted molar refractivity (Wildman–Crippen MR) is 138 cm³/mol. The Balaban J connectivity index is 1.52. The number of rotatable bonds is 10. The van der Waals surface area contributed by atoms with Crippen LogP contribution in [0.25, 0.3) is 17.1 Å². The number of carbonyl (C=O) groups is 1. The average molecular weight is 520 g/mol. The fourth-order valence-corrected chi connectivity index (χ4v) is 4.25. The minimum atomic E-state index is -0.316. The predicted octanol–water partition coefficient (Wildman–Crippen LogP) is 2.70. The summed E-state index contributed by atoms with van der Waals surface area (Å²) in [6.45, 7) is 0. The Kier molecular flexibility index (Phi) is 8.26. The highest BCUT2D eigenvalue weighted by Crippen LogP contribution is 2.31. The molecule has 4 rings (SSSR count). The van der Waals surface area contributed by atoms with E-state index < -0.39 is 0 Å². The Morgan fingerprint density at radius 1 is 1.03 bits per heavy atom. The van der Waals surface area contributed by atoms with Crippen LogP contribution in [0.2, 0.25) is 0 Å². The fraction of sp³-hybridized carbons (Fsp3) is 0.154. The van der Waals surface area contributed by atoms with Crippen LogP contribution < -0.4 is 29.3 Å². The number of amides is 1. The van der Waals surface area contributed by atoms with Crippen LogP contribution in [0.1, 0.15) is 5.56 Å². The van der Waals surface area contributed by atoms with Gasteiger partial charge in [-0.05, 0) is 53.7 Å². The summed E-state index contributed by atoms with van der Waals surface area (Å²) in [6, 6.07) is 19.8. The van der Waals surface area contributed by atoms with Gasteiger partial charge in [0.15, 0.2) is 11.5 Å². The summed E-state index contributed by atoms with van der Waals surface area (Å²) in [5.74, 6) is 1.66. The van der Waals surface area contributed by atoms with Gasteiger partial charge in [0.2, 0.25) is 0 Å². The summed E-state index contributed by atoms with van der Waals surface area (Å²) in [5, 5.41) is 23.7. The van der Waals surface area contributed by atoms with E-state index in [-0.39, 0.29) is 23.2 Å². The molecule has 1 heterocycles. The lowest BCUT2D eigenvalue weighted by atomic mass is 10.2. The van der Waals surface area contributed by atoms with Gasteiger partial charge < -0.3 is 19.3 Å². The topological polar surface area (TPSA) is 125 Å². The highest BCUT2D eigenvalue weighted by molar-refractivity contribution is 7.99. The Labute approximate surface area is 217 Å². The molecule has 0 aliphatic rings. The lowest BCUT2D eigenvalue weighted by Crippen LogP contribution is -2.34. The molecule has 3 aromatic carbocycles. The first-order chi connectivity index (χ1) is 18.0. The zero-order valence-corrected chi connectivity index (χ0v) is 21.2. The quantitative estimate of drug-likeness (QED) is 0.143. The van der Waals surface area contributed by atoms with Crippen molar-refractivity contribution in [1.82, 2.24) is 15.6 Å². The van der Waals surface area contributed by atoms with E-state index in [4.69, 9.17) is 14.2 Å². The second-order valence-electron chi connectivity index (χ2n) is 7.59. The van der Waals surface area contributed by atoms with Crippen LogP contribution in [0.3, 0.4) is 0 Å². The molecule has 1 aromatic heterocycles. The van der Waals surface area contributed by atoms with Gasteiger partial charge >= 0.3 is 5.16 Å². The minimum absolute atomic E-state index is 0.0726. The summed E-state index contributed by atoms with van der Waals surface area (Å²) in [4.78, 5) is 12.5. The lowest BCUT2D eigenvalue weighted by molar-refractivity contribution is -0.625. The van der Waals surface area contributed by atoms with Crippen molar-refractivity contribution in [2.45, 2.75) is 5.16 Å². The monoisotopic (exact) mass is 519 g/mol. The van der Waals surface area contributed by atoms with Crippen LogP contribution in [-0.4, -0.2) is 49.4 Å². The first-order valence-corrected chi connectivity index (χ1v) is 12.1. The fourth-order valence-electron chi connectivity index (χ4n) is 3.49. The molecule has 2 N–H and O–H groups in total. The number of hydrogen-bond acceptors (Lipinski definition) is 8. The van der Waals surface area contributed by atoms with E-state index >= 15 is 0 Å². The summed E-state index contributed by atoms with van der Waals surface area (Å²) in [7, 11) is 4.59. The molecule has 0 fully saturated rings. The Morgan fingerprint density at radius 2 is 1.78 bits per heavy atom. The number of nitrogens with zero attached hydrogens (tertiary/aromatic N) is 3. The molecule has 0 saturated heterocycles. The van der Waals surface area contributed by atoms with Gasteiger partial charge in [-0.1, -0.05) is 36.1 Å². The molecule has 10 nitrogen and oxygen atoms in total. The molecule has 1 amide bonds. The van der Waals surface area contributed by atoms with Crippen molar-refractivity contribution >= 4 is 23.9 Å². The van der Waals surface area contributed by atoms with Crippen molar-refractivity contribution in [1.29, 1.82) is 0 Å². The number of aromatic nitrogens is 3. The number of nitrogens with one attached hydrogen (secondary N) is 2. The van der Waals surface area contributed by atoms with Crippen molar-refractivity contribution in [2.75, 3.05) is 27.1 Å². The van der Waals surface area contributed by atoms with Crippen LogP contribution >= 0.6 is 11.8 Å². The summed E-state index contributed by atoms with van der Waals surface area (Å²) >= 11 is 1.25. The molecule has 0 saturated carbocycles. The van der Waals surface area contributed by atoms with Crippen molar-refractivity contribution in [3.05, 3.63) is 72.3 Å². The molecule has 0 aliphatic heterocycles. The second-order valence-corrected chi connectivity index (χ2v) is 8.53. The van der Waals surface area contributed by atoms with Gasteiger partial charge in [-0.15, -0.1) is 5.10 Å². The van der Waals surface area contributed by atoms with Crippen molar-refractivity contribution in [2.24, 2.45) is 5.10 Å². The molecular weight excluding hydrogens is 494 g/mol. The van der Waals surface area contributed by atoms with Crippen molar-refractivity contribution < 1.29 is 28.7 Å². The normalized spacial score (nSPS) is 10.9. The first-order valence-electron chi connectivity index (χ1n) is 11.1. The molecule has 0 radical (unpaired) electrons. The largest absolute Gasteiger partial charge is 0.870 e. The van der Waals surface area contributed by atoms with E-state index in [9.17, 15) is 9.90 Å². The zero-order chi connectivity index (χ0) is 26.2. The maximum absolute atomic E-state index is 12.5. The van der Waals surface area contributed by atoms with E-state index in [1.807, 2.05) is 53.1 Å². The summed E-state index contributed by atoms with van der Waals surface area (Å²) in [6.07, 6.45) is 1.44. The van der Waals surface area contributed by atoms with Crippen LogP contribution in [-0.2, 0) is 4.79 Å². The van der Waals surface area contributed by atoms with Gasteiger partial charge in [0.1, 0.15) is 11.4 Å². The SMILES string of the molecule is COc1cc(/C=N\NC(=O)CSc2n[nH]c(-c3ccc(OC)c(OC)c3)[n+]2-c2ccccc2)ccc1[O-]. The van der Waals surface area contributed by atoms with E-state index in [0.717, 1.165) is 11.3 Å². The lowest BCUT2D eigenvalue weighted by Gasteiger charge is -2.11. The van der Waals surface area contributed by atoms with Crippen molar-refractivity contribution in [3.63, 3.8) is 0 Å². The number of hydrogen-bond donors (Lipinski definition) is 2. The van der Waals surface area contributed by atoms with Crippen LogP contribution in [0, 0.1) is 0 Å². The van der Waals surface area contributed by atoms with Crippen LogP contribution in [0.5, 0.6) is 23.0 Å². The number of hydrazone groups is 1. The standard InChI is InChI=1S/C26H25N5O5S/c1-34-21-12-10-18(14-23(21)36-3)25-29-30-26(31(25)19-7-5-4-6-8-19)37-16-24(33)28-27-15-17-9-11-20(32)22(13-17)35-2/h4-15H,16H2,1-3H3,(H2,27,28,32,33). The molecule has 37 heavy (non-hydrogen) atoms. The minimum Gasteiger partial charge on any atom is -0.870 e. The number of thioether (sulfide) groups is 1. The van der Waals surface area contributed by atoms with Gasteiger partial charge in [-0.3, -0.25) is 4.79 Å². The molecule has 0 aliphatic carbocycles. The molecule has 11 heteroatoms. The van der Waals surface area contributed by atoms with Gasteiger partial charge in [0.25, 0.3) is 11.7 Å². The highest BCUT2D eigenvalue weighted by Gasteiger charge is 2.25. The number of para-hydroxylation sites is 1. The molecule has 0 atom stereocenters. The average Bonchev–Trinajstić information content (AvgIpc) is 3.36. The maximum Gasteiger partial charge on any atom is 0.342 e. The molecule has 190 valence electrons. The smallest absolute Gasteiger partial charge is 0.342 e. The zero-order valence-electron chi connectivity index (χ0n) is 20.4. The summed E-state index contributed by atoms with van der Waals surface area (Å²) in [5.41, 5.74) is 4.82. The first kappa shape index (κ1) is 25.6. The third kappa shape index (κ3) is 6.01. The van der Waals surface area contributed by atoms with Gasteiger partial charge in [-0.2, -0.15) is 9.67 Å². The maximum atomic E-state index is 12.5. The molecule has 0 bridgehead atoms.